The molecule has 3 fully saturated rings. The van der Waals surface area contributed by atoms with E-state index in [2.05, 4.69) is 36.1 Å². The Kier molecular flexibility index (Phi) is 10.3. The maximum atomic E-state index is 14.5. The van der Waals surface area contributed by atoms with Gasteiger partial charge >= 0.3 is 6.09 Å². The van der Waals surface area contributed by atoms with Crippen LogP contribution in [0.1, 0.15) is 90.3 Å². The number of benzene rings is 2. The molecule has 4 aliphatic rings. The van der Waals surface area contributed by atoms with Crippen LogP contribution in [0.2, 0.25) is 5.02 Å². The maximum Gasteiger partial charge on any atom is 0.410 e. The standard InChI is InChI=1S/C38H50ClN5O7S/c1-7-24-18-38(24,35(47)42-52(49,50)28-14-15-28)41-33(45)31-17-27(51-36(48)43-19-23-10-8-13-30(39)29(23)21-43)20-44(31)34(46)32(22(2)3)40-26-12-9-11-25(16-26)37(4,5)6/h8-13,16,22,24,27-28,31-32,40H,7,14-15,17-21H2,1-6H3,(H,41,45)(H,42,47)/t24-,27-,31+,32+,38-/m1/s1. The number of hydrogen-bond acceptors (Lipinski definition) is 8. The summed E-state index contributed by atoms with van der Waals surface area (Å²) in [6.07, 6.45) is 0.395. The molecule has 5 atom stereocenters. The highest BCUT2D eigenvalue weighted by Gasteiger charge is 2.62. The number of halogens is 1. The summed E-state index contributed by atoms with van der Waals surface area (Å²) in [5, 5.41) is 6.23. The molecule has 2 aliphatic carbocycles. The molecule has 3 N–H and O–H groups in total. The Bertz CT molecular complexity index is 1860. The van der Waals surface area contributed by atoms with E-state index < -0.39 is 56.9 Å². The number of rotatable bonds is 11. The topological polar surface area (TPSA) is 154 Å². The minimum Gasteiger partial charge on any atom is -0.444 e. The number of nitrogens with one attached hydrogen (secondary N) is 3. The third-order valence-corrected chi connectivity index (χ3v) is 13.0. The van der Waals surface area contributed by atoms with Gasteiger partial charge in [0.1, 0.15) is 23.7 Å². The summed E-state index contributed by atoms with van der Waals surface area (Å²) in [7, 11) is -3.85. The first-order valence-electron chi connectivity index (χ1n) is 18.2. The average molecular weight is 756 g/mol. The largest absolute Gasteiger partial charge is 0.444 e. The fourth-order valence-corrected chi connectivity index (χ4v) is 8.96. The fraction of sp³-hybridized carbons (Fsp3) is 0.579. The second-order valence-corrected chi connectivity index (χ2v) is 18.5. The highest BCUT2D eigenvalue weighted by atomic mass is 35.5. The minimum atomic E-state index is -3.85. The molecular weight excluding hydrogens is 706 g/mol. The third kappa shape index (κ3) is 7.76. The fourth-order valence-electron chi connectivity index (χ4n) is 7.34. The zero-order valence-corrected chi connectivity index (χ0v) is 32.3. The lowest BCUT2D eigenvalue weighted by Gasteiger charge is -2.32. The molecule has 14 heteroatoms. The van der Waals surface area contributed by atoms with Crippen molar-refractivity contribution >= 4 is 51.1 Å². The number of amides is 4. The van der Waals surface area contributed by atoms with Crippen molar-refractivity contribution in [2.45, 2.75) is 121 Å². The van der Waals surface area contributed by atoms with Crippen molar-refractivity contribution in [1.82, 2.24) is 19.8 Å². The quantitative estimate of drug-likeness (QED) is 0.287. The predicted molar refractivity (Wildman–Crippen MR) is 198 cm³/mol. The van der Waals surface area contributed by atoms with Crippen molar-refractivity contribution < 1.29 is 32.3 Å². The molecule has 12 nitrogen and oxygen atoms in total. The number of anilines is 1. The molecule has 52 heavy (non-hydrogen) atoms. The molecule has 1 saturated heterocycles. The molecule has 6 rings (SSSR count). The molecule has 0 aromatic heterocycles. The van der Waals surface area contributed by atoms with E-state index in [1.807, 2.05) is 57.2 Å². The first kappa shape index (κ1) is 37.9. The first-order valence-corrected chi connectivity index (χ1v) is 20.1. The van der Waals surface area contributed by atoms with Gasteiger partial charge in [0.15, 0.2) is 0 Å². The lowest BCUT2D eigenvalue weighted by atomic mass is 9.87. The van der Waals surface area contributed by atoms with E-state index in [4.69, 9.17) is 16.3 Å². The zero-order chi connectivity index (χ0) is 37.7. The molecular formula is C38H50ClN5O7S. The van der Waals surface area contributed by atoms with Crippen molar-refractivity contribution in [3.63, 3.8) is 0 Å². The van der Waals surface area contributed by atoms with E-state index in [-0.39, 0.29) is 49.1 Å². The van der Waals surface area contributed by atoms with Gasteiger partial charge in [-0.2, -0.15) is 0 Å². The van der Waals surface area contributed by atoms with Gasteiger partial charge in [0, 0.05) is 23.7 Å². The Morgan fingerprint density at radius 2 is 1.77 bits per heavy atom. The predicted octanol–water partition coefficient (Wildman–Crippen LogP) is 5.09. The molecule has 0 bridgehead atoms. The van der Waals surface area contributed by atoms with Gasteiger partial charge in [-0.15, -0.1) is 0 Å². The molecule has 2 aliphatic heterocycles. The van der Waals surface area contributed by atoms with Crippen molar-refractivity contribution in [3.05, 3.63) is 64.2 Å². The van der Waals surface area contributed by atoms with Crippen LogP contribution in [0.3, 0.4) is 0 Å². The summed E-state index contributed by atoms with van der Waals surface area (Å²) in [4.78, 5) is 58.7. The summed E-state index contributed by atoms with van der Waals surface area (Å²) in [6, 6.07) is 11.6. The van der Waals surface area contributed by atoms with Crippen LogP contribution in [0.5, 0.6) is 0 Å². The van der Waals surface area contributed by atoms with Crippen LogP contribution >= 0.6 is 11.6 Å². The van der Waals surface area contributed by atoms with Crippen LogP contribution in [-0.2, 0) is 47.6 Å². The first-order chi connectivity index (χ1) is 24.4. The molecule has 0 spiro atoms. The number of fused-ring (bicyclic) bond motifs is 1. The molecule has 2 aromatic rings. The van der Waals surface area contributed by atoms with Crippen LogP contribution in [0.25, 0.3) is 0 Å². The van der Waals surface area contributed by atoms with Crippen LogP contribution in [0, 0.1) is 11.8 Å². The number of ether oxygens (including phenoxy) is 1. The highest BCUT2D eigenvalue weighted by molar-refractivity contribution is 7.91. The van der Waals surface area contributed by atoms with Crippen molar-refractivity contribution in [2.24, 2.45) is 11.8 Å². The normalized spacial score (nSPS) is 24.7. The van der Waals surface area contributed by atoms with Crippen LogP contribution in [-0.4, -0.2) is 77.6 Å². The summed E-state index contributed by atoms with van der Waals surface area (Å²) < 4.78 is 33.6. The van der Waals surface area contributed by atoms with E-state index in [0.717, 1.165) is 22.4 Å². The van der Waals surface area contributed by atoms with Gasteiger partial charge in [0.2, 0.25) is 21.8 Å². The van der Waals surface area contributed by atoms with E-state index in [9.17, 15) is 27.6 Å². The van der Waals surface area contributed by atoms with Gasteiger partial charge in [0.05, 0.1) is 18.3 Å². The monoisotopic (exact) mass is 755 g/mol. The van der Waals surface area contributed by atoms with Crippen molar-refractivity contribution in [3.8, 4) is 0 Å². The number of likely N-dealkylation sites (tertiary alicyclic amines) is 1. The molecule has 2 aromatic carbocycles. The van der Waals surface area contributed by atoms with Crippen LogP contribution in [0.4, 0.5) is 10.5 Å². The Balaban J connectivity index is 1.24. The minimum absolute atomic E-state index is 0.00401. The molecule has 0 unspecified atom stereocenters. The lowest BCUT2D eigenvalue weighted by molar-refractivity contribution is -0.140. The van der Waals surface area contributed by atoms with E-state index >= 15 is 0 Å². The SMILES string of the molecule is CC[C@@H]1C[C@]1(NC(=O)[C@@H]1C[C@@H](OC(=O)N2Cc3cccc(Cl)c3C2)CN1C(=O)[C@@H](Nc1cccc(C(C)(C)C)c1)C(C)C)C(=O)NS(=O)(=O)C1CC1. The number of nitrogens with zero attached hydrogens (tertiary/aromatic N) is 2. The van der Waals surface area contributed by atoms with E-state index in [1.165, 1.54) is 9.80 Å². The number of sulfonamides is 1. The average Bonchev–Trinajstić information content (AvgIpc) is 3.97. The number of carbonyl (C=O) groups excluding carboxylic acids is 4. The van der Waals surface area contributed by atoms with Gasteiger partial charge in [-0.25, -0.2) is 13.2 Å². The smallest absolute Gasteiger partial charge is 0.410 e. The number of hydrogen-bond donors (Lipinski definition) is 3. The molecule has 282 valence electrons. The molecule has 0 radical (unpaired) electrons. The van der Waals surface area contributed by atoms with E-state index in [0.29, 0.717) is 30.8 Å². The summed E-state index contributed by atoms with van der Waals surface area (Å²) in [5.41, 5.74) is 2.09. The Hall–Kier alpha value is -3.84. The van der Waals surface area contributed by atoms with Gasteiger partial charge in [-0.3, -0.25) is 24.0 Å². The third-order valence-electron chi connectivity index (χ3n) is 10.8. The Morgan fingerprint density at radius 3 is 2.38 bits per heavy atom. The molecule has 2 heterocycles. The van der Waals surface area contributed by atoms with Crippen LogP contribution in [0.15, 0.2) is 42.5 Å². The second kappa shape index (κ2) is 14.2. The maximum absolute atomic E-state index is 14.5. The van der Waals surface area contributed by atoms with Crippen LogP contribution < -0.4 is 15.4 Å². The summed E-state index contributed by atoms with van der Waals surface area (Å²) in [5.74, 6) is -2.17. The second-order valence-electron chi connectivity index (χ2n) is 16.1. The summed E-state index contributed by atoms with van der Waals surface area (Å²) >= 11 is 6.38. The zero-order valence-electron chi connectivity index (χ0n) is 30.7. The Morgan fingerprint density at radius 1 is 1.06 bits per heavy atom. The van der Waals surface area contributed by atoms with Gasteiger partial charge in [0.25, 0.3) is 5.91 Å². The van der Waals surface area contributed by atoms with Crippen molar-refractivity contribution in [1.29, 1.82) is 0 Å². The lowest BCUT2D eigenvalue weighted by Crippen LogP contribution is -2.58. The number of carbonyl (C=O) groups is 4. The highest BCUT2D eigenvalue weighted by Crippen LogP contribution is 2.47. The van der Waals surface area contributed by atoms with Gasteiger partial charge in [-0.1, -0.05) is 83.8 Å². The van der Waals surface area contributed by atoms with Crippen molar-refractivity contribution in [2.75, 3.05) is 11.9 Å². The Labute approximate surface area is 311 Å². The molecule has 2 saturated carbocycles. The molecule has 4 amide bonds. The van der Waals surface area contributed by atoms with Gasteiger partial charge < -0.3 is 20.3 Å². The summed E-state index contributed by atoms with van der Waals surface area (Å²) in [6.45, 7) is 12.6. The van der Waals surface area contributed by atoms with Gasteiger partial charge in [-0.05, 0) is 71.4 Å². The van der Waals surface area contributed by atoms with E-state index in [1.54, 1.807) is 6.07 Å².